The molecule has 2 aromatic rings. The van der Waals surface area contributed by atoms with Gasteiger partial charge >= 0.3 is 6.09 Å². The number of hydrogen-bond donors (Lipinski definition) is 0. The number of methoxy groups -OCH3 is 1. The molecule has 0 radical (unpaired) electrons. The first kappa shape index (κ1) is 23.4. The third-order valence-electron chi connectivity index (χ3n) is 6.15. The van der Waals surface area contributed by atoms with Gasteiger partial charge in [-0.1, -0.05) is 24.3 Å². The van der Waals surface area contributed by atoms with Crippen molar-refractivity contribution in [2.24, 2.45) is 0 Å². The standard InChI is InChI=1S/C26H34N2O5/c1-17(19-14-18-8-6-7-9-21(18)22(15-19)31-5)28(20-10-11-20)24(29)23-16-27(12-13-32-23)25(30)33-26(2,3)4/h6-9,14-15,17,20,23H,10-13,16H2,1-5H3/t17?,23-/m1/s1. The Labute approximate surface area is 195 Å². The minimum absolute atomic E-state index is 0.0783. The summed E-state index contributed by atoms with van der Waals surface area (Å²) >= 11 is 0. The van der Waals surface area contributed by atoms with E-state index in [1.165, 1.54) is 0 Å². The maximum Gasteiger partial charge on any atom is 0.410 e. The third-order valence-corrected chi connectivity index (χ3v) is 6.15. The molecule has 1 saturated heterocycles. The molecule has 0 aromatic heterocycles. The van der Waals surface area contributed by atoms with Crippen LogP contribution in [0.3, 0.4) is 0 Å². The van der Waals surface area contributed by atoms with Crippen LogP contribution in [0, 0.1) is 0 Å². The fraction of sp³-hybridized carbons (Fsp3) is 0.538. The molecule has 0 spiro atoms. The highest BCUT2D eigenvalue weighted by Gasteiger charge is 2.42. The average molecular weight is 455 g/mol. The highest BCUT2D eigenvalue weighted by atomic mass is 16.6. The number of amides is 2. The molecule has 1 aliphatic carbocycles. The highest BCUT2D eigenvalue weighted by molar-refractivity contribution is 5.89. The molecule has 1 aliphatic heterocycles. The zero-order valence-electron chi connectivity index (χ0n) is 20.2. The van der Waals surface area contributed by atoms with Crippen LogP contribution >= 0.6 is 0 Å². The number of fused-ring (bicyclic) bond motifs is 1. The molecule has 0 bridgehead atoms. The van der Waals surface area contributed by atoms with Crippen LogP contribution in [0.15, 0.2) is 36.4 Å². The second-order valence-electron chi connectivity index (χ2n) is 9.88. The van der Waals surface area contributed by atoms with Gasteiger partial charge in [-0.15, -0.1) is 0 Å². The molecule has 1 heterocycles. The first-order valence-corrected chi connectivity index (χ1v) is 11.7. The molecule has 2 aliphatic rings. The van der Waals surface area contributed by atoms with E-state index in [0.717, 1.165) is 34.9 Å². The van der Waals surface area contributed by atoms with Gasteiger partial charge in [0.15, 0.2) is 6.10 Å². The van der Waals surface area contributed by atoms with Gasteiger partial charge in [-0.3, -0.25) is 4.79 Å². The van der Waals surface area contributed by atoms with E-state index in [1.54, 1.807) is 12.0 Å². The molecule has 2 aromatic carbocycles. The van der Waals surface area contributed by atoms with E-state index in [1.807, 2.05) is 56.9 Å². The van der Waals surface area contributed by atoms with Crippen LogP contribution in [0.5, 0.6) is 5.75 Å². The van der Waals surface area contributed by atoms with Crippen molar-refractivity contribution in [2.75, 3.05) is 26.8 Å². The zero-order chi connectivity index (χ0) is 23.8. The summed E-state index contributed by atoms with van der Waals surface area (Å²) < 4.78 is 17.0. The van der Waals surface area contributed by atoms with Crippen molar-refractivity contribution in [2.45, 2.75) is 64.3 Å². The van der Waals surface area contributed by atoms with Crippen LogP contribution in [0.2, 0.25) is 0 Å². The summed E-state index contributed by atoms with van der Waals surface area (Å²) in [6, 6.07) is 12.3. The summed E-state index contributed by atoms with van der Waals surface area (Å²) in [6.45, 7) is 8.48. The topological polar surface area (TPSA) is 68.3 Å². The molecule has 2 amide bonds. The first-order chi connectivity index (χ1) is 15.7. The van der Waals surface area contributed by atoms with Crippen LogP contribution in [-0.2, 0) is 14.3 Å². The lowest BCUT2D eigenvalue weighted by molar-refractivity contribution is -0.151. The summed E-state index contributed by atoms with van der Waals surface area (Å²) in [4.78, 5) is 29.7. The zero-order valence-corrected chi connectivity index (χ0v) is 20.2. The molecule has 1 unspecified atom stereocenters. The number of morpholine rings is 1. The van der Waals surface area contributed by atoms with Crippen LogP contribution in [0.25, 0.3) is 10.8 Å². The van der Waals surface area contributed by atoms with Crippen molar-refractivity contribution in [1.82, 2.24) is 9.80 Å². The van der Waals surface area contributed by atoms with Crippen LogP contribution in [0.1, 0.15) is 52.1 Å². The van der Waals surface area contributed by atoms with Crippen molar-refractivity contribution >= 4 is 22.8 Å². The molecule has 7 nitrogen and oxygen atoms in total. The van der Waals surface area contributed by atoms with E-state index in [4.69, 9.17) is 14.2 Å². The van der Waals surface area contributed by atoms with E-state index in [9.17, 15) is 9.59 Å². The van der Waals surface area contributed by atoms with Crippen molar-refractivity contribution < 1.29 is 23.8 Å². The van der Waals surface area contributed by atoms with E-state index in [2.05, 4.69) is 12.1 Å². The molecule has 33 heavy (non-hydrogen) atoms. The second kappa shape index (κ2) is 9.21. The smallest absolute Gasteiger partial charge is 0.410 e. The minimum Gasteiger partial charge on any atom is -0.496 e. The maximum atomic E-state index is 13.7. The number of rotatable bonds is 5. The van der Waals surface area contributed by atoms with E-state index < -0.39 is 17.8 Å². The monoisotopic (exact) mass is 454 g/mol. The molecule has 1 saturated carbocycles. The number of carbonyl (C=O) groups excluding carboxylic acids is 2. The second-order valence-corrected chi connectivity index (χ2v) is 9.88. The van der Waals surface area contributed by atoms with Gasteiger partial charge in [0.2, 0.25) is 0 Å². The SMILES string of the molecule is COc1cc(C(C)N(C(=O)[C@H]2CN(C(=O)OC(C)(C)C)CCO2)C2CC2)cc2ccccc12. The quantitative estimate of drug-likeness (QED) is 0.664. The molecule has 178 valence electrons. The summed E-state index contributed by atoms with van der Waals surface area (Å²) in [5.74, 6) is 0.716. The van der Waals surface area contributed by atoms with E-state index in [0.29, 0.717) is 13.2 Å². The Morgan fingerprint density at radius 1 is 1.18 bits per heavy atom. The van der Waals surface area contributed by atoms with Gasteiger partial charge in [-0.2, -0.15) is 0 Å². The van der Waals surface area contributed by atoms with Crippen molar-refractivity contribution in [3.63, 3.8) is 0 Å². The molecule has 2 atom stereocenters. The predicted octanol–water partition coefficient (Wildman–Crippen LogP) is 4.54. The van der Waals surface area contributed by atoms with Gasteiger partial charge in [-0.25, -0.2) is 4.79 Å². The van der Waals surface area contributed by atoms with Gasteiger partial charge in [-0.05, 0) is 63.6 Å². The van der Waals surface area contributed by atoms with Crippen molar-refractivity contribution in [3.8, 4) is 5.75 Å². The fourth-order valence-corrected chi connectivity index (χ4v) is 4.37. The molecular formula is C26H34N2O5. The average Bonchev–Trinajstić information content (AvgIpc) is 3.62. The van der Waals surface area contributed by atoms with Crippen molar-refractivity contribution in [3.05, 3.63) is 42.0 Å². The Kier molecular flexibility index (Phi) is 6.52. The van der Waals surface area contributed by atoms with Crippen molar-refractivity contribution in [1.29, 1.82) is 0 Å². The van der Waals surface area contributed by atoms with Gasteiger partial charge in [0.05, 0.1) is 26.3 Å². The number of benzene rings is 2. The Morgan fingerprint density at radius 2 is 1.91 bits per heavy atom. The van der Waals surface area contributed by atoms with E-state index >= 15 is 0 Å². The molecule has 4 rings (SSSR count). The largest absolute Gasteiger partial charge is 0.496 e. The molecule has 7 heteroatoms. The maximum absolute atomic E-state index is 13.7. The molecular weight excluding hydrogens is 420 g/mol. The Bertz CT molecular complexity index is 1030. The Balaban J connectivity index is 1.55. The lowest BCUT2D eigenvalue weighted by Crippen LogP contribution is -2.54. The van der Waals surface area contributed by atoms with E-state index in [-0.39, 0.29) is 24.5 Å². The number of carbonyl (C=O) groups is 2. The van der Waals surface area contributed by atoms with Crippen LogP contribution < -0.4 is 4.74 Å². The summed E-state index contributed by atoms with van der Waals surface area (Å²) in [5.41, 5.74) is 0.434. The highest BCUT2D eigenvalue weighted by Crippen LogP contribution is 2.38. The molecule has 2 fully saturated rings. The Morgan fingerprint density at radius 3 is 2.58 bits per heavy atom. The van der Waals surface area contributed by atoms with Gasteiger partial charge in [0, 0.05) is 18.0 Å². The van der Waals surface area contributed by atoms with Crippen LogP contribution in [0.4, 0.5) is 4.79 Å². The lowest BCUT2D eigenvalue weighted by atomic mass is 10.00. The summed E-state index contributed by atoms with van der Waals surface area (Å²) in [6.07, 6.45) is 0.845. The number of hydrogen-bond acceptors (Lipinski definition) is 5. The normalized spacial score (nSPS) is 19.8. The summed E-state index contributed by atoms with van der Waals surface area (Å²) in [7, 11) is 1.67. The Hall–Kier alpha value is -2.80. The third kappa shape index (κ3) is 5.24. The number of nitrogens with zero attached hydrogens (tertiary/aromatic N) is 2. The van der Waals surface area contributed by atoms with Gasteiger partial charge in [0.1, 0.15) is 11.4 Å². The summed E-state index contributed by atoms with van der Waals surface area (Å²) in [5, 5.41) is 2.12. The van der Waals surface area contributed by atoms with Gasteiger partial charge in [0.25, 0.3) is 5.91 Å². The fourth-order valence-electron chi connectivity index (χ4n) is 4.37. The number of ether oxygens (including phenoxy) is 3. The van der Waals surface area contributed by atoms with Gasteiger partial charge < -0.3 is 24.0 Å². The predicted molar refractivity (Wildman–Crippen MR) is 126 cm³/mol. The minimum atomic E-state index is -0.698. The molecule has 0 N–H and O–H groups in total. The first-order valence-electron chi connectivity index (χ1n) is 11.7. The lowest BCUT2D eigenvalue weighted by Gasteiger charge is -2.38. The van der Waals surface area contributed by atoms with Crippen LogP contribution in [-0.4, -0.2) is 66.4 Å².